The van der Waals surface area contributed by atoms with Gasteiger partial charge in [0, 0.05) is 22.7 Å². The number of aromatic nitrogens is 2. The maximum Gasteiger partial charge on any atom is 0.132 e. The minimum atomic E-state index is 0.857. The molecule has 1 aliphatic rings. The predicted molar refractivity (Wildman–Crippen MR) is 84.8 cm³/mol. The second-order valence-electron chi connectivity index (χ2n) is 5.09. The topological polar surface area (TPSA) is 37.8 Å². The lowest BCUT2D eigenvalue weighted by Crippen LogP contribution is -2.10. The monoisotopic (exact) mass is 307 g/mol. The largest absolute Gasteiger partial charge is 0.369 e. The number of hydrogen-bond acceptors (Lipinski definition) is 4. The fourth-order valence-electron chi connectivity index (χ4n) is 2.64. The van der Waals surface area contributed by atoms with Crippen LogP contribution in [0.2, 0.25) is 4.34 Å². The van der Waals surface area contributed by atoms with Gasteiger partial charge < -0.3 is 5.32 Å². The molecule has 0 radical (unpaired) electrons. The molecule has 0 atom stereocenters. The summed E-state index contributed by atoms with van der Waals surface area (Å²) in [6, 6.07) is 4.05. The van der Waals surface area contributed by atoms with Gasteiger partial charge in [-0.25, -0.2) is 9.97 Å². The van der Waals surface area contributed by atoms with E-state index in [2.05, 4.69) is 21.4 Å². The Bertz CT molecular complexity index is 582. The molecule has 5 heteroatoms. The number of anilines is 1. The van der Waals surface area contributed by atoms with Crippen LogP contribution in [0.15, 0.2) is 18.5 Å². The summed E-state index contributed by atoms with van der Waals surface area (Å²) < 4.78 is 0.857. The predicted octanol–water partition coefficient (Wildman–Crippen LogP) is 4.12. The molecular weight excluding hydrogens is 290 g/mol. The van der Waals surface area contributed by atoms with Crippen molar-refractivity contribution in [3.63, 3.8) is 0 Å². The third-order valence-electron chi connectivity index (χ3n) is 3.67. The SMILES string of the molecule is Clc1ccc(CCNc2ncnc3c2CCCCC3)s1. The molecule has 3 rings (SSSR count). The van der Waals surface area contributed by atoms with Gasteiger partial charge in [-0.1, -0.05) is 18.0 Å². The molecule has 3 nitrogen and oxygen atoms in total. The van der Waals surface area contributed by atoms with Crippen LogP contribution in [0, 0.1) is 0 Å². The van der Waals surface area contributed by atoms with Crippen molar-refractivity contribution in [3.8, 4) is 0 Å². The summed E-state index contributed by atoms with van der Waals surface area (Å²) in [6.45, 7) is 0.889. The summed E-state index contributed by atoms with van der Waals surface area (Å²) in [6.07, 6.45) is 8.65. The second kappa shape index (κ2) is 6.55. The molecule has 0 unspecified atom stereocenters. The lowest BCUT2D eigenvalue weighted by molar-refractivity contribution is 0.708. The van der Waals surface area contributed by atoms with Gasteiger partial charge in [-0.3, -0.25) is 0 Å². The first kappa shape index (κ1) is 13.8. The van der Waals surface area contributed by atoms with Crippen molar-refractivity contribution in [1.82, 2.24) is 9.97 Å². The first-order chi connectivity index (χ1) is 9.83. The van der Waals surface area contributed by atoms with Gasteiger partial charge in [-0.05, 0) is 44.2 Å². The van der Waals surface area contributed by atoms with E-state index in [0.29, 0.717) is 0 Å². The summed E-state index contributed by atoms with van der Waals surface area (Å²) >= 11 is 7.59. The Morgan fingerprint density at radius 3 is 2.90 bits per heavy atom. The van der Waals surface area contributed by atoms with Crippen molar-refractivity contribution >= 4 is 28.8 Å². The average Bonchev–Trinajstić information content (AvgIpc) is 2.73. The Morgan fingerprint density at radius 2 is 2.05 bits per heavy atom. The molecule has 1 aliphatic carbocycles. The molecule has 1 N–H and O–H groups in total. The second-order valence-corrected chi connectivity index (χ2v) is 6.89. The highest BCUT2D eigenvalue weighted by atomic mass is 35.5. The maximum absolute atomic E-state index is 5.95. The van der Waals surface area contributed by atoms with E-state index in [0.717, 1.165) is 36.0 Å². The van der Waals surface area contributed by atoms with Crippen molar-refractivity contribution in [3.05, 3.63) is 38.9 Å². The summed E-state index contributed by atoms with van der Waals surface area (Å²) in [5.41, 5.74) is 2.56. The molecule has 2 aromatic heterocycles. The molecule has 0 aromatic carbocycles. The highest BCUT2D eigenvalue weighted by Crippen LogP contribution is 2.24. The smallest absolute Gasteiger partial charge is 0.132 e. The van der Waals surface area contributed by atoms with Crippen LogP contribution in [0.5, 0.6) is 0 Å². The van der Waals surface area contributed by atoms with Crippen LogP contribution in [0.4, 0.5) is 5.82 Å². The van der Waals surface area contributed by atoms with E-state index in [1.165, 1.54) is 35.4 Å². The minimum Gasteiger partial charge on any atom is -0.369 e. The number of nitrogens with zero attached hydrogens (tertiary/aromatic N) is 2. The molecular formula is C15H18ClN3S. The normalized spacial score (nSPS) is 14.7. The molecule has 2 heterocycles. The fourth-order valence-corrected chi connectivity index (χ4v) is 3.73. The highest BCUT2D eigenvalue weighted by Gasteiger charge is 2.13. The van der Waals surface area contributed by atoms with Gasteiger partial charge in [0.05, 0.1) is 4.34 Å². The van der Waals surface area contributed by atoms with E-state index in [4.69, 9.17) is 11.6 Å². The van der Waals surface area contributed by atoms with Crippen molar-refractivity contribution in [2.24, 2.45) is 0 Å². The molecule has 0 spiro atoms. The zero-order valence-corrected chi connectivity index (χ0v) is 12.9. The van der Waals surface area contributed by atoms with E-state index in [9.17, 15) is 0 Å². The third-order valence-corrected chi connectivity index (χ3v) is 4.96. The lowest BCUT2D eigenvalue weighted by atomic mass is 10.1. The zero-order valence-electron chi connectivity index (χ0n) is 11.4. The zero-order chi connectivity index (χ0) is 13.8. The van der Waals surface area contributed by atoms with E-state index < -0.39 is 0 Å². The summed E-state index contributed by atoms with van der Waals surface area (Å²) in [5.74, 6) is 1.03. The van der Waals surface area contributed by atoms with Crippen molar-refractivity contribution < 1.29 is 0 Å². The summed E-state index contributed by atoms with van der Waals surface area (Å²) in [4.78, 5) is 10.2. The molecule has 0 bridgehead atoms. The molecule has 0 aliphatic heterocycles. The van der Waals surface area contributed by atoms with Crippen LogP contribution < -0.4 is 5.32 Å². The van der Waals surface area contributed by atoms with E-state index >= 15 is 0 Å². The Kier molecular flexibility index (Phi) is 4.53. The van der Waals surface area contributed by atoms with E-state index in [1.54, 1.807) is 17.7 Å². The Labute approximate surface area is 128 Å². The van der Waals surface area contributed by atoms with Crippen LogP contribution in [0.3, 0.4) is 0 Å². The van der Waals surface area contributed by atoms with E-state index in [-0.39, 0.29) is 0 Å². The summed E-state index contributed by atoms with van der Waals surface area (Å²) in [7, 11) is 0. The van der Waals surface area contributed by atoms with Gasteiger partial charge >= 0.3 is 0 Å². The molecule has 106 valence electrons. The minimum absolute atomic E-state index is 0.857. The quantitative estimate of drug-likeness (QED) is 0.864. The van der Waals surface area contributed by atoms with Gasteiger partial charge in [0.25, 0.3) is 0 Å². The molecule has 0 saturated heterocycles. The van der Waals surface area contributed by atoms with Gasteiger partial charge in [-0.2, -0.15) is 0 Å². The number of thiophene rings is 1. The third kappa shape index (κ3) is 3.30. The number of fused-ring (bicyclic) bond motifs is 1. The average molecular weight is 308 g/mol. The molecule has 0 fully saturated rings. The molecule has 0 saturated carbocycles. The van der Waals surface area contributed by atoms with E-state index in [1.807, 2.05) is 6.07 Å². The fraction of sp³-hybridized carbons (Fsp3) is 0.467. The van der Waals surface area contributed by atoms with Crippen LogP contribution in [0.1, 0.15) is 35.4 Å². The number of halogens is 1. The van der Waals surface area contributed by atoms with Gasteiger partial charge in [0.1, 0.15) is 12.1 Å². The van der Waals surface area contributed by atoms with Crippen molar-refractivity contribution in [2.45, 2.75) is 38.5 Å². The van der Waals surface area contributed by atoms with Crippen molar-refractivity contribution in [2.75, 3.05) is 11.9 Å². The van der Waals surface area contributed by atoms with Crippen molar-refractivity contribution in [1.29, 1.82) is 0 Å². The Morgan fingerprint density at radius 1 is 1.15 bits per heavy atom. The van der Waals surface area contributed by atoms with Gasteiger partial charge in [-0.15, -0.1) is 11.3 Å². The van der Waals surface area contributed by atoms with Crippen LogP contribution >= 0.6 is 22.9 Å². The highest BCUT2D eigenvalue weighted by molar-refractivity contribution is 7.16. The first-order valence-corrected chi connectivity index (χ1v) is 8.33. The molecule has 20 heavy (non-hydrogen) atoms. The van der Waals surface area contributed by atoms with Gasteiger partial charge in [0.2, 0.25) is 0 Å². The maximum atomic E-state index is 5.95. The van der Waals surface area contributed by atoms with Crippen LogP contribution in [-0.2, 0) is 19.3 Å². The molecule has 2 aromatic rings. The standard InChI is InChI=1S/C15H18ClN3S/c16-14-7-6-11(20-14)8-9-17-15-12-4-2-1-3-5-13(12)18-10-19-15/h6-7,10H,1-5,8-9H2,(H,17,18,19). The number of aryl methyl sites for hydroxylation is 1. The Hall–Kier alpha value is -1.13. The van der Waals surface area contributed by atoms with Crippen LogP contribution in [-0.4, -0.2) is 16.5 Å². The number of nitrogens with one attached hydrogen (secondary N) is 1. The first-order valence-electron chi connectivity index (χ1n) is 7.14. The lowest BCUT2D eigenvalue weighted by Gasteiger charge is -2.11. The van der Waals surface area contributed by atoms with Crippen LogP contribution in [0.25, 0.3) is 0 Å². The molecule has 0 amide bonds. The van der Waals surface area contributed by atoms with Gasteiger partial charge in [0.15, 0.2) is 0 Å². The summed E-state index contributed by atoms with van der Waals surface area (Å²) in [5, 5.41) is 3.47. The number of hydrogen-bond donors (Lipinski definition) is 1. The number of rotatable bonds is 4. The Balaban J connectivity index is 1.65.